The maximum absolute atomic E-state index is 12.0. The molecule has 0 aliphatic heterocycles. The van der Waals surface area contributed by atoms with Crippen molar-refractivity contribution >= 4 is 5.91 Å². The van der Waals surface area contributed by atoms with Crippen LogP contribution in [0.3, 0.4) is 0 Å². The predicted molar refractivity (Wildman–Crippen MR) is 72.9 cm³/mol. The van der Waals surface area contributed by atoms with Gasteiger partial charge >= 0.3 is 6.36 Å². The van der Waals surface area contributed by atoms with Crippen LogP contribution in [0.15, 0.2) is 24.3 Å². The zero-order chi connectivity index (χ0) is 16.0. The summed E-state index contributed by atoms with van der Waals surface area (Å²) in [7, 11) is 0. The van der Waals surface area contributed by atoms with Crippen LogP contribution in [0.1, 0.15) is 30.6 Å². The number of nitrogens with two attached hydrogens (primary N) is 1. The van der Waals surface area contributed by atoms with E-state index < -0.39 is 6.36 Å². The van der Waals surface area contributed by atoms with Crippen molar-refractivity contribution in [3.05, 3.63) is 29.8 Å². The van der Waals surface area contributed by atoms with Crippen LogP contribution in [-0.2, 0) is 0 Å². The molecule has 0 saturated heterocycles. The van der Waals surface area contributed by atoms with Gasteiger partial charge in [0, 0.05) is 18.2 Å². The number of benzene rings is 1. The Hall–Kier alpha value is -1.76. The minimum absolute atomic E-state index is 0.163. The zero-order valence-corrected chi connectivity index (χ0v) is 11.9. The molecule has 0 bridgehead atoms. The monoisotopic (exact) mass is 304 g/mol. The van der Waals surface area contributed by atoms with Crippen molar-refractivity contribution in [3.63, 3.8) is 0 Å². The van der Waals surface area contributed by atoms with Crippen molar-refractivity contribution in [3.8, 4) is 5.75 Å². The number of nitrogens with one attached hydrogen (secondary N) is 1. The molecule has 1 rings (SSSR count). The highest BCUT2D eigenvalue weighted by Gasteiger charge is 2.31. The number of carbonyl (C=O) groups excluding carboxylic acids is 1. The normalized spacial score (nSPS) is 13.1. The molecule has 0 saturated carbocycles. The van der Waals surface area contributed by atoms with Crippen molar-refractivity contribution < 1.29 is 22.7 Å². The molecular formula is C14H19F3N2O2. The summed E-state index contributed by atoms with van der Waals surface area (Å²) in [5.41, 5.74) is 5.84. The Balaban J connectivity index is 2.66. The third-order valence-corrected chi connectivity index (χ3v) is 2.73. The number of carbonyl (C=O) groups is 1. The minimum atomic E-state index is -4.74. The maximum Gasteiger partial charge on any atom is 0.573 e. The Kier molecular flexibility index (Phi) is 6.02. The molecule has 0 heterocycles. The lowest BCUT2D eigenvalue weighted by Crippen LogP contribution is -2.41. The van der Waals surface area contributed by atoms with E-state index in [1.54, 1.807) is 0 Å². The summed E-state index contributed by atoms with van der Waals surface area (Å²) in [6.45, 7) is 4.33. The van der Waals surface area contributed by atoms with Gasteiger partial charge in [0.25, 0.3) is 5.91 Å². The molecule has 1 aromatic rings. The first-order chi connectivity index (χ1) is 9.71. The average molecular weight is 304 g/mol. The van der Waals surface area contributed by atoms with Crippen LogP contribution in [-0.4, -0.2) is 24.9 Å². The maximum atomic E-state index is 12.0. The Morgan fingerprint density at radius 1 is 1.29 bits per heavy atom. The highest BCUT2D eigenvalue weighted by atomic mass is 19.4. The number of amides is 1. The summed E-state index contributed by atoms with van der Waals surface area (Å²) in [5, 5.41) is 2.76. The second kappa shape index (κ2) is 7.31. The molecule has 118 valence electrons. The molecule has 7 heteroatoms. The second-order valence-electron chi connectivity index (χ2n) is 5.11. The summed E-state index contributed by atoms with van der Waals surface area (Å²) < 4.78 is 39.8. The number of alkyl halides is 3. The molecule has 0 aliphatic rings. The van der Waals surface area contributed by atoms with E-state index in [4.69, 9.17) is 5.73 Å². The van der Waals surface area contributed by atoms with Gasteiger partial charge in [-0.1, -0.05) is 13.8 Å². The Morgan fingerprint density at radius 2 is 1.86 bits per heavy atom. The smallest absolute Gasteiger partial charge is 0.406 e. The van der Waals surface area contributed by atoms with Crippen LogP contribution in [0, 0.1) is 5.92 Å². The molecule has 0 radical (unpaired) electrons. The standard InChI is InChI=1S/C14H19F3N2O2/c1-9(2)7-11(8-18)19-13(20)10-3-5-12(6-4-10)21-14(15,16)17/h3-6,9,11H,7-8,18H2,1-2H3,(H,19,20). The van der Waals surface area contributed by atoms with Crippen LogP contribution in [0.25, 0.3) is 0 Å². The number of hydrogen-bond acceptors (Lipinski definition) is 3. The molecule has 3 N–H and O–H groups in total. The fourth-order valence-corrected chi connectivity index (χ4v) is 1.86. The lowest BCUT2D eigenvalue weighted by molar-refractivity contribution is -0.274. The van der Waals surface area contributed by atoms with E-state index in [2.05, 4.69) is 10.1 Å². The molecule has 1 aromatic carbocycles. The van der Waals surface area contributed by atoms with Gasteiger partial charge in [-0.25, -0.2) is 0 Å². The topological polar surface area (TPSA) is 64.3 Å². The van der Waals surface area contributed by atoms with Crippen LogP contribution in [0.4, 0.5) is 13.2 Å². The summed E-state index contributed by atoms with van der Waals surface area (Å²) in [5.74, 6) is -0.359. The Morgan fingerprint density at radius 3 is 2.29 bits per heavy atom. The fraction of sp³-hybridized carbons (Fsp3) is 0.500. The van der Waals surface area contributed by atoms with Gasteiger partial charge in [0.15, 0.2) is 0 Å². The van der Waals surface area contributed by atoms with Gasteiger partial charge in [-0.3, -0.25) is 4.79 Å². The van der Waals surface area contributed by atoms with Crippen LogP contribution < -0.4 is 15.8 Å². The largest absolute Gasteiger partial charge is 0.573 e. The average Bonchev–Trinajstić information content (AvgIpc) is 2.36. The SMILES string of the molecule is CC(C)CC(CN)NC(=O)c1ccc(OC(F)(F)F)cc1. The number of halogens is 3. The highest BCUT2D eigenvalue weighted by molar-refractivity contribution is 5.94. The molecule has 0 aromatic heterocycles. The van der Waals surface area contributed by atoms with Crippen molar-refractivity contribution in [2.75, 3.05) is 6.54 Å². The van der Waals surface area contributed by atoms with Gasteiger partial charge < -0.3 is 15.8 Å². The molecule has 1 atom stereocenters. The molecule has 1 unspecified atom stereocenters. The second-order valence-corrected chi connectivity index (χ2v) is 5.11. The van der Waals surface area contributed by atoms with E-state index >= 15 is 0 Å². The lowest BCUT2D eigenvalue weighted by atomic mass is 10.0. The van der Waals surface area contributed by atoms with Gasteiger partial charge in [-0.2, -0.15) is 0 Å². The quantitative estimate of drug-likeness (QED) is 0.849. The van der Waals surface area contributed by atoms with Crippen LogP contribution in [0.2, 0.25) is 0 Å². The van der Waals surface area contributed by atoms with E-state index in [1.165, 1.54) is 12.1 Å². The number of ether oxygens (including phenoxy) is 1. The summed E-state index contributed by atoms with van der Waals surface area (Å²) in [6.07, 6.45) is -4.01. The molecule has 4 nitrogen and oxygen atoms in total. The van der Waals surface area contributed by atoms with E-state index in [0.29, 0.717) is 12.5 Å². The van der Waals surface area contributed by atoms with E-state index in [9.17, 15) is 18.0 Å². The molecule has 0 fully saturated rings. The molecule has 0 spiro atoms. The van der Waals surface area contributed by atoms with Gasteiger partial charge in [0.1, 0.15) is 5.75 Å². The zero-order valence-electron chi connectivity index (χ0n) is 11.9. The number of hydrogen-bond donors (Lipinski definition) is 2. The van der Waals surface area contributed by atoms with Gasteiger partial charge in [0.05, 0.1) is 0 Å². The van der Waals surface area contributed by atoms with E-state index in [1.807, 2.05) is 13.8 Å². The molecule has 1 amide bonds. The first-order valence-corrected chi connectivity index (χ1v) is 6.58. The fourth-order valence-electron chi connectivity index (χ4n) is 1.86. The molecule has 21 heavy (non-hydrogen) atoms. The van der Waals surface area contributed by atoms with Crippen molar-refractivity contribution in [2.24, 2.45) is 11.7 Å². The molecule has 0 aliphatic carbocycles. The predicted octanol–water partition coefficient (Wildman–Crippen LogP) is 2.69. The summed E-state index contributed by atoms with van der Waals surface area (Å²) in [4.78, 5) is 12.0. The third-order valence-electron chi connectivity index (χ3n) is 2.73. The van der Waals surface area contributed by atoms with E-state index in [-0.39, 0.29) is 23.3 Å². The Bertz CT molecular complexity index is 458. The van der Waals surface area contributed by atoms with Gasteiger partial charge in [-0.05, 0) is 36.6 Å². The first kappa shape index (κ1) is 17.3. The molecular weight excluding hydrogens is 285 g/mol. The van der Waals surface area contributed by atoms with Crippen LogP contribution in [0.5, 0.6) is 5.75 Å². The lowest BCUT2D eigenvalue weighted by Gasteiger charge is -2.19. The minimum Gasteiger partial charge on any atom is -0.406 e. The summed E-state index contributed by atoms with van der Waals surface area (Å²) in [6, 6.07) is 4.59. The van der Waals surface area contributed by atoms with Crippen molar-refractivity contribution in [1.29, 1.82) is 0 Å². The highest BCUT2D eigenvalue weighted by Crippen LogP contribution is 2.22. The van der Waals surface area contributed by atoms with Crippen molar-refractivity contribution in [1.82, 2.24) is 5.32 Å². The Labute approximate surface area is 121 Å². The van der Waals surface area contributed by atoms with Crippen LogP contribution >= 0.6 is 0 Å². The van der Waals surface area contributed by atoms with Gasteiger partial charge in [0.2, 0.25) is 0 Å². The van der Waals surface area contributed by atoms with Crippen molar-refractivity contribution in [2.45, 2.75) is 32.7 Å². The first-order valence-electron chi connectivity index (χ1n) is 6.58. The number of rotatable bonds is 6. The van der Waals surface area contributed by atoms with Gasteiger partial charge in [-0.15, -0.1) is 13.2 Å². The third kappa shape index (κ3) is 6.48. The summed E-state index contributed by atoms with van der Waals surface area (Å²) >= 11 is 0. The van der Waals surface area contributed by atoms with E-state index in [0.717, 1.165) is 18.6 Å².